The SMILES string of the molecule is CCc1c(CCNCCCCCCNC(C)(C)Cc2ccc3c(c2CC)OCO3)ccc(OC)c1OC.Cl. The van der Waals surface area contributed by atoms with Crippen LogP contribution in [-0.2, 0) is 25.7 Å². The Morgan fingerprint density at radius 1 is 0.816 bits per heavy atom. The van der Waals surface area contributed by atoms with Crippen molar-refractivity contribution in [1.29, 1.82) is 0 Å². The van der Waals surface area contributed by atoms with Gasteiger partial charge >= 0.3 is 0 Å². The van der Waals surface area contributed by atoms with Crippen molar-refractivity contribution in [2.24, 2.45) is 0 Å². The summed E-state index contributed by atoms with van der Waals surface area (Å²) in [7, 11) is 3.41. The van der Waals surface area contributed by atoms with Crippen LogP contribution in [0, 0.1) is 0 Å². The first-order chi connectivity index (χ1) is 17.9. The fraction of sp³-hybridized carbons (Fsp3) is 0.613. The van der Waals surface area contributed by atoms with E-state index in [1.807, 2.05) is 6.07 Å². The Balaban J connectivity index is 0.00000507. The summed E-state index contributed by atoms with van der Waals surface area (Å²) in [5.74, 6) is 3.51. The molecule has 1 heterocycles. The van der Waals surface area contributed by atoms with Gasteiger partial charge in [0.2, 0.25) is 6.79 Å². The third kappa shape index (κ3) is 8.69. The number of benzene rings is 2. The van der Waals surface area contributed by atoms with Crippen LogP contribution >= 0.6 is 12.4 Å². The summed E-state index contributed by atoms with van der Waals surface area (Å²) in [6, 6.07) is 8.45. The van der Waals surface area contributed by atoms with Gasteiger partial charge in [-0.1, -0.05) is 38.8 Å². The molecule has 0 saturated heterocycles. The zero-order valence-electron chi connectivity index (χ0n) is 24.3. The number of ether oxygens (including phenoxy) is 4. The van der Waals surface area contributed by atoms with E-state index in [2.05, 4.69) is 56.5 Å². The first kappa shape index (κ1) is 32.1. The van der Waals surface area contributed by atoms with Crippen molar-refractivity contribution in [3.8, 4) is 23.0 Å². The molecule has 3 rings (SSSR count). The lowest BCUT2D eigenvalue weighted by Crippen LogP contribution is -2.42. The topological polar surface area (TPSA) is 61.0 Å². The standard InChI is InChI=1S/C31H48N2O4.ClH/c1-7-25-23(13-15-27(34-5)29(25)35-6)17-20-32-18-11-9-10-12-19-33-31(3,4)21-24-14-16-28-30(26(24)8-2)37-22-36-28;/h13-16,32-33H,7-12,17-22H2,1-6H3;1H. The van der Waals surface area contributed by atoms with Gasteiger partial charge in [-0.25, -0.2) is 0 Å². The molecule has 0 aliphatic carbocycles. The molecule has 0 saturated carbocycles. The summed E-state index contributed by atoms with van der Waals surface area (Å²) in [6.45, 7) is 12.4. The van der Waals surface area contributed by atoms with Crippen molar-refractivity contribution in [3.05, 3.63) is 46.5 Å². The van der Waals surface area contributed by atoms with Crippen LogP contribution in [-0.4, -0.2) is 46.2 Å². The van der Waals surface area contributed by atoms with Gasteiger partial charge in [0.1, 0.15) is 0 Å². The van der Waals surface area contributed by atoms with Gasteiger partial charge in [0.05, 0.1) is 14.2 Å². The highest BCUT2D eigenvalue weighted by Crippen LogP contribution is 2.39. The molecule has 214 valence electrons. The van der Waals surface area contributed by atoms with Gasteiger partial charge in [-0.2, -0.15) is 0 Å². The third-order valence-corrected chi connectivity index (χ3v) is 7.28. The number of nitrogens with one attached hydrogen (secondary N) is 2. The molecule has 6 nitrogen and oxygen atoms in total. The number of rotatable bonds is 17. The molecular weight excluding hydrogens is 500 g/mol. The summed E-state index contributed by atoms with van der Waals surface area (Å²) in [5, 5.41) is 7.39. The van der Waals surface area contributed by atoms with Crippen molar-refractivity contribution in [2.75, 3.05) is 40.6 Å². The maximum atomic E-state index is 5.73. The normalized spacial score (nSPS) is 12.4. The Morgan fingerprint density at radius 2 is 1.53 bits per heavy atom. The summed E-state index contributed by atoms with van der Waals surface area (Å²) in [4.78, 5) is 0. The molecule has 0 bridgehead atoms. The molecule has 0 unspecified atom stereocenters. The second-order valence-corrected chi connectivity index (χ2v) is 10.5. The van der Waals surface area contributed by atoms with Gasteiger partial charge < -0.3 is 29.6 Å². The van der Waals surface area contributed by atoms with Crippen LogP contribution in [0.15, 0.2) is 24.3 Å². The van der Waals surface area contributed by atoms with Gasteiger partial charge in [-0.3, -0.25) is 0 Å². The number of methoxy groups -OCH3 is 2. The maximum Gasteiger partial charge on any atom is 0.231 e. The second kappa shape index (κ2) is 16.1. The third-order valence-electron chi connectivity index (χ3n) is 7.28. The molecule has 1 aliphatic heterocycles. The van der Waals surface area contributed by atoms with Crippen molar-refractivity contribution >= 4 is 12.4 Å². The lowest BCUT2D eigenvalue weighted by molar-refractivity contribution is 0.173. The van der Waals surface area contributed by atoms with Crippen LogP contribution in [0.1, 0.15) is 75.6 Å². The van der Waals surface area contributed by atoms with E-state index in [9.17, 15) is 0 Å². The Labute approximate surface area is 236 Å². The van der Waals surface area contributed by atoms with Gasteiger partial charge in [-0.15, -0.1) is 12.4 Å². The van der Waals surface area contributed by atoms with E-state index in [1.165, 1.54) is 47.9 Å². The minimum atomic E-state index is 0. The Bertz CT molecular complexity index is 996. The fourth-order valence-electron chi connectivity index (χ4n) is 5.32. The van der Waals surface area contributed by atoms with Crippen molar-refractivity contribution in [1.82, 2.24) is 10.6 Å². The molecule has 0 amide bonds. The van der Waals surface area contributed by atoms with E-state index in [1.54, 1.807) is 14.2 Å². The number of hydrogen-bond donors (Lipinski definition) is 2. The predicted molar refractivity (Wildman–Crippen MR) is 159 cm³/mol. The van der Waals surface area contributed by atoms with Crippen LogP contribution < -0.4 is 29.6 Å². The minimum Gasteiger partial charge on any atom is -0.493 e. The number of unbranched alkanes of at least 4 members (excludes halogenated alkanes) is 3. The molecule has 0 atom stereocenters. The lowest BCUT2D eigenvalue weighted by Gasteiger charge is -2.28. The molecule has 2 aromatic rings. The fourth-order valence-corrected chi connectivity index (χ4v) is 5.32. The number of hydrogen-bond acceptors (Lipinski definition) is 6. The molecule has 7 heteroatoms. The predicted octanol–water partition coefficient (Wildman–Crippen LogP) is 6.28. The van der Waals surface area contributed by atoms with Crippen LogP contribution in [0.2, 0.25) is 0 Å². The van der Waals surface area contributed by atoms with Crippen LogP contribution in [0.5, 0.6) is 23.0 Å². The minimum absolute atomic E-state index is 0. The first-order valence-electron chi connectivity index (χ1n) is 14.0. The second-order valence-electron chi connectivity index (χ2n) is 10.5. The molecule has 0 fully saturated rings. The average molecular weight is 549 g/mol. The van der Waals surface area contributed by atoms with Gasteiger partial charge in [0.15, 0.2) is 23.0 Å². The van der Waals surface area contributed by atoms with E-state index < -0.39 is 0 Å². The van der Waals surface area contributed by atoms with Crippen molar-refractivity contribution in [3.63, 3.8) is 0 Å². The Kier molecular flexibility index (Phi) is 13.6. The zero-order chi connectivity index (χ0) is 26.7. The number of fused-ring (bicyclic) bond motifs is 1. The summed E-state index contributed by atoms with van der Waals surface area (Å²) in [5.41, 5.74) is 5.28. The van der Waals surface area contributed by atoms with Gasteiger partial charge in [0.25, 0.3) is 0 Å². The van der Waals surface area contributed by atoms with Gasteiger partial charge in [0, 0.05) is 16.7 Å². The summed E-state index contributed by atoms with van der Waals surface area (Å²) < 4.78 is 22.3. The molecule has 1 aliphatic rings. The largest absolute Gasteiger partial charge is 0.493 e. The highest BCUT2D eigenvalue weighted by atomic mass is 35.5. The molecule has 0 aromatic heterocycles. The number of halogens is 1. The van der Waals surface area contributed by atoms with Crippen LogP contribution in [0.3, 0.4) is 0 Å². The van der Waals surface area contributed by atoms with Crippen molar-refractivity contribution in [2.45, 2.75) is 84.6 Å². The zero-order valence-corrected chi connectivity index (χ0v) is 25.2. The lowest BCUT2D eigenvalue weighted by atomic mass is 9.90. The average Bonchev–Trinajstić information content (AvgIpc) is 3.37. The smallest absolute Gasteiger partial charge is 0.231 e. The molecule has 38 heavy (non-hydrogen) atoms. The monoisotopic (exact) mass is 548 g/mol. The summed E-state index contributed by atoms with van der Waals surface area (Å²) >= 11 is 0. The van der Waals surface area contributed by atoms with Gasteiger partial charge in [-0.05, 0) is 95.3 Å². The molecule has 2 aromatic carbocycles. The van der Waals surface area contributed by atoms with Crippen LogP contribution in [0.4, 0.5) is 0 Å². The highest BCUT2D eigenvalue weighted by molar-refractivity contribution is 5.85. The van der Waals surface area contributed by atoms with E-state index in [0.717, 1.165) is 68.3 Å². The first-order valence-corrected chi connectivity index (χ1v) is 14.0. The molecule has 0 spiro atoms. The summed E-state index contributed by atoms with van der Waals surface area (Å²) in [6.07, 6.45) is 8.82. The van der Waals surface area contributed by atoms with Crippen LogP contribution in [0.25, 0.3) is 0 Å². The van der Waals surface area contributed by atoms with E-state index in [-0.39, 0.29) is 17.9 Å². The molecule has 2 N–H and O–H groups in total. The quantitative estimate of drug-likeness (QED) is 0.227. The van der Waals surface area contributed by atoms with E-state index in [4.69, 9.17) is 18.9 Å². The maximum absolute atomic E-state index is 5.73. The highest BCUT2D eigenvalue weighted by Gasteiger charge is 2.24. The van der Waals surface area contributed by atoms with E-state index >= 15 is 0 Å². The van der Waals surface area contributed by atoms with Crippen molar-refractivity contribution < 1.29 is 18.9 Å². The Hall–Kier alpha value is -2.15. The Morgan fingerprint density at radius 3 is 2.21 bits per heavy atom. The molecular formula is C31H49ClN2O4. The molecule has 0 radical (unpaired) electrons. The van der Waals surface area contributed by atoms with E-state index in [0.29, 0.717) is 6.79 Å².